The van der Waals surface area contributed by atoms with Crippen LogP contribution in [0.25, 0.3) is 0 Å². The van der Waals surface area contributed by atoms with Crippen LogP contribution in [0.3, 0.4) is 0 Å². The third-order valence-electron chi connectivity index (χ3n) is 0.953. The lowest BCUT2D eigenvalue weighted by Gasteiger charge is -2.03. The van der Waals surface area contributed by atoms with E-state index in [1.807, 2.05) is 6.92 Å². The third kappa shape index (κ3) is 4.19. The average Bonchev–Trinajstić information content (AvgIpc) is 1.65. The summed E-state index contributed by atoms with van der Waals surface area (Å²) in [7, 11) is 0. The summed E-state index contributed by atoms with van der Waals surface area (Å²) in [5.74, 6) is 0. The summed E-state index contributed by atoms with van der Waals surface area (Å²) in [5.41, 5.74) is 0. The van der Waals surface area contributed by atoms with Crippen LogP contribution in [0.15, 0.2) is 0 Å². The molecular formula is C6H13NS. The van der Waals surface area contributed by atoms with E-state index >= 15 is 0 Å². The van der Waals surface area contributed by atoms with Gasteiger partial charge < -0.3 is 0 Å². The largest absolute Gasteiger partial charge is 0.299 e. The van der Waals surface area contributed by atoms with Crippen LogP contribution in [-0.2, 0) is 0 Å². The molecule has 1 nitrogen and oxygen atoms in total. The lowest BCUT2D eigenvalue weighted by atomic mass is 10.4. The molecule has 0 radical (unpaired) electrons. The number of hydrogen-bond acceptors (Lipinski definition) is 2. The van der Waals surface area contributed by atoms with Gasteiger partial charge >= 0.3 is 0 Å². The first kappa shape index (κ1) is 8.02. The van der Waals surface area contributed by atoms with E-state index in [1.54, 1.807) is 11.8 Å². The van der Waals surface area contributed by atoms with Crippen molar-refractivity contribution in [2.24, 2.45) is 0 Å². The van der Waals surface area contributed by atoms with E-state index in [4.69, 9.17) is 5.41 Å². The van der Waals surface area contributed by atoms with Gasteiger partial charge in [0.05, 0.1) is 5.04 Å². The first-order valence-corrected chi connectivity index (χ1v) is 3.76. The lowest BCUT2D eigenvalue weighted by Crippen LogP contribution is -1.95. The highest BCUT2D eigenvalue weighted by Gasteiger charge is 1.97. The molecule has 0 saturated heterocycles. The Morgan fingerprint density at radius 1 is 1.75 bits per heavy atom. The molecular weight excluding hydrogens is 118 g/mol. The van der Waals surface area contributed by atoms with Gasteiger partial charge in [-0.05, 0) is 13.3 Å². The molecule has 0 aromatic heterocycles. The van der Waals surface area contributed by atoms with Crippen LogP contribution in [0.4, 0.5) is 0 Å². The zero-order chi connectivity index (χ0) is 6.57. The van der Waals surface area contributed by atoms with Gasteiger partial charge in [-0.25, -0.2) is 0 Å². The maximum absolute atomic E-state index is 7.09. The fraction of sp³-hybridized carbons (Fsp3) is 0.833. The number of hydrogen-bond donors (Lipinski definition) is 1. The summed E-state index contributed by atoms with van der Waals surface area (Å²) in [6, 6.07) is 0. The SMILES string of the molecule is CCC(C)SC(C)=N. The van der Waals surface area contributed by atoms with Crippen molar-refractivity contribution in [1.82, 2.24) is 0 Å². The molecule has 0 aliphatic heterocycles. The van der Waals surface area contributed by atoms with E-state index in [2.05, 4.69) is 13.8 Å². The predicted molar refractivity (Wildman–Crippen MR) is 40.7 cm³/mol. The van der Waals surface area contributed by atoms with Crippen LogP contribution in [-0.4, -0.2) is 10.3 Å². The van der Waals surface area contributed by atoms with E-state index in [0.29, 0.717) is 5.25 Å². The molecule has 48 valence electrons. The van der Waals surface area contributed by atoms with Crippen molar-refractivity contribution in [3.63, 3.8) is 0 Å². The molecule has 0 aliphatic carbocycles. The topological polar surface area (TPSA) is 23.9 Å². The predicted octanol–water partition coefficient (Wildman–Crippen LogP) is 2.52. The Bertz CT molecular complexity index is 80.6. The van der Waals surface area contributed by atoms with Gasteiger partial charge in [0, 0.05) is 5.25 Å². The van der Waals surface area contributed by atoms with Gasteiger partial charge in [0.15, 0.2) is 0 Å². The van der Waals surface area contributed by atoms with Gasteiger partial charge in [-0.15, -0.1) is 11.8 Å². The minimum atomic E-state index is 0.618. The van der Waals surface area contributed by atoms with Crippen LogP contribution >= 0.6 is 11.8 Å². The summed E-state index contributed by atoms with van der Waals surface area (Å²) in [5, 5.41) is 8.43. The van der Waals surface area contributed by atoms with Crippen molar-refractivity contribution in [2.45, 2.75) is 32.4 Å². The van der Waals surface area contributed by atoms with E-state index in [0.717, 1.165) is 11.5 Å². The fourth-order valence-corrected chi connectivity index (χ4v) is 1.16. The smallest absolute Gasteiger partial charge is 0.0613 e. The van der Waals surface area contributed by atoms with Gasteiger partial charge in [0.25, 0.3) is 0 Å². The Balaban J connectivity index is 3.24. The van der Waals surface area contributed by atoms with Crippen LogP contribution < -0.4 is 0 Å². The molecule has 1 N–H and O–H groups in total. The van der Waals surface area contributed by atoms with Gasteiger partial charge in [0.2, 0.25) is 0 Å². The highest BCUT2D eigenvalue weighted by molar-refractivity contribution is 8.14. The van der Waals surface area contributed by atoms with E-state index < -0.39 is 0 Å². The second kappa shape index (κ2) is 3.96. The minimum absolute atomic E-state index is 0.618. The number of thioether (sulfide) groups is 1. The van der Waals surface area contributed by atoms with Crippen LogP contribution in [0.1, 0.15) is 27.2 Å². The maximum atomic E-state index is 7.09. The van der Waals surface area contributed by atoms with E-state index in [-0.39, 0.29) is 0 Å². The van der Waals surface area contributed by atoms with E-state index in [9.17, 15) is 0 Å². The molecule has 8 heavy (non-hydrogen) atoms. The summed E-state index contributed by atoms with van der Waals surface area (Å²) < 4.78 is 0. The second-order valence-corrected chi connectivity index (χ2v) is 3.55. The average molecular weight is 131 g/mol. The minimum Gasteiger partial charge on any atom is -0.299 e. The Morgan fingerprint density at radius 2 is 2.25 bits per heavy atom. The molecule has 1 atom stereocenters. The molecule has 0 aromatic rings. The first-order chi connectivity index (χ1) is 3.66. The molecule has 0 rings (SSSR count). The molecule has 0 aromatic carbocycles. The lowest BCUT2D eigenvalue weighted by molar-refractivity contribution is 0.911. The number of rotatable bonds is 2. The third-order valence-corrected chi connectivity index (χ3v) is 2.04. The summed E-state index contributed by atoms with van der Waals surface area (Å²) in [6.45, 7) is 6.11. The van der Waals surface area contributed by atoms with Gasteiger partial charge in [0.1, 0.15) is 0 Å². The Hall–Kier alpha value is 0.0200. The molecule has 0 saturated carbocycles. The van der Waals surface area contributed by atoms with Crippen molar-refractivity contribution < 1.29 is 0 Å². The molecule has 0 spiro atoms. The molecule has 0 aliphatic rings. The van der Waals surface area contributed by atoms with Crippen molar-refractivity contribution in [1.29, 1.82) is 5.41 Å². The second-order valence-electron chi connectivity index (χ2n) is 1.89. The first-order valence-electron chi connectivity index (χ1n) is 2.88. The molecule has 0 amide bonds. The van der Waals surface area contributed by atoms with Gasteiger partial charge in [-0.2, -0.15) is 0 Å². The zero-order valence-corrected chi connectivity index (χ0v) is 6.51. The highest BCUT2D eigenvalue weighted by atomic mass is 32.2. The Morgan fingerprint density at radius 3 is 2.38 bits per heavy atom. The Labute approximate surface area is 55.4 Å². The quantitative estimate of drug-likeness (QED) is 0.452. The molecule has 0 bridgehead atoms. The van der Waals surface area contributed by atoms with Gasteiger partial charge in [-0.1, -0.05) is 13.8 Å². The Kier molecular flexibility index (Phi) is 3.97. The van der Waals surface area contributed by atoms with Crippen LogP contribution in [0.2, 0.25) is 0 Å². The van der Waals surface area contributed by atoms with E-state index in [1.165, 1.54) is 0 Å². The van der Waals surface area contributed by atoms with Crippen LogP contribution in [0, 0.1) is 5.41 Å². The molecule has 0 heterocycles. The zero-order valence-electron chi connectivity index (χ0n) is 5.69. The van der Waals surface area contributed by atoms with Crippen LogP contribution in [0.5, 0.6) is 0 Å². The van der Waals surface area contributed by atoms with Crippen molar-refractivity contribution >= 4 is 16.8 Å². The summed E-state index contributed by atoms with van der Waals surface area (Å²) in [4.78, 5) is 0. The summed E-state index contributed by atoms with van der Waals surface area (Å²) >= 11 is 1.64. The normalized spacial score (nSPS) is 13.4. The standard InChI is InChI=1S/C6H13NS/c1-4-5(2)8-6(3)7/h5,7H,4H2,1-3H3. The fourth-order valence-electron chi connectivity index (χ4n) is 0.385. The van der Waals surface area contributed by atoms with Crippen molar-refractivity contribution in [2.75, 3.05) is 0 Å². The summed E-state index contributed by atoms with van der Waals surface area (Å²) in [6.07, 6.45) is 1.15. The monoisotopic (exact) mass is 131 g/mol. The molecule has 0 fully saturated rings. The molecule has 2 heteroatoms. The maximum Gasteiger partial charge on any atom is 0.0613 e. The highest BCUT2D eigenvalue weighted by Crippen LogP contribution is 2.13. The number of nitrogens with one attached hydrogen (secondary N) is 1. The molecule has 1 unspecified atom stereocenters. The van der Waals surface area contributed by atoms with Crippen molar-refractivity contribution in [3.8, 4) is 0 Å². The van der Waals surface area contributed by atoms with Gasteiger partial charge in [-0.3, -0.25) is 5.41 Å². The van der Waals surface area contributed by atoms with Crippen molar-refractivity contribution in [3.05, 3.63) is 0 Å².